The molecule has 0 aliphatic rings. The maximum absolute atomic E-state index is 9.05. The molecule has 0 radical (unpaired) electrons. The quantitative estimate of drug-likeness (QED) is 0.799. The minimum absolute atomic E-state index is 0.514. The molecule has 1 N–H and O–H groups in total. The molecule has 86 valence electrons. The van der Waals surface area contributed by atoms with Crippen molar-refractivity contribution in [3.63, 3.8) is 0 Å². The molecule has 0 unspecified atom stereocenters. The molecule has 4 heteroatoms. The van der Waals surface area contributed by atoms with E-state index in [9.17, 15) is 0 Å². The number of nitriles is 1. The third-order valence-electron chi connectivity index (χ3n) is 2.43. The number of hydrogen-bond donors (Lipinski definition) is 1. The lowest BCUT2D eigenvalue weighted by Gasteiger charge is -2.20. The van der Waals surface area contributed by atoms with Crippen molar-refractivity contribution >= 4 is 17.3 Å². The molecule has 0 amide bonds. The second kappa shape index (κ2) is 6.37. The summed E-state index contributed by atoms with van der Waals surface area (Å²) in [5, 5.41) is 12.7. The Balaban J connectivity index is 2.79. The van der Waals surface area contributed by atoms with E-state index in [0.29, 0.717) is 10.6 Å². The van der Waals surface area contributed by atoms with Crippen LogP contribution in [-0.4, -0.2) is 27.2 Å². The molecule has 0 bridgehead atoms. The molecule has 0 saturated carbocycles. The zero-order chi connectivity index (χ0) is 12.0. The van der Waals surface area contributed by atoms with Gasteiger partial charge in [0.25, 0.3) is 0 Å². The van der Waals surface area contributed by atoms with Gasteiger partial charge in [-0.2, -0.15) is 5.26 Å². The molecule has 0 spiro atoms. The Kier molecular flexibility index (Phi) is 5.10. The smallest absolute Gasteiger partial charge is 0.103 e. The average molecular weight is 238 g/mol. The molecule has 0 fully saturated rings. The van der Waals surface area contributed by atoms with Gasteiger partial charge in [-0.15, -0.1) is 0 Å². The summed E-state index contributed by atoms with van der Waals surface area (Å²) >= 11 is 5.97. The Morgan fingerprint density at radius 2 is 2.25 bits per heavy atom. The van der Waals surface area contributed by atoms with Crippen molar-refractivity contribution in [3.05, 3.63) is 28.8 Å². The molecule has 1 aromatic carbocycles. The summed E-state index contributed by atoms with van der Waals surface area (Å²) in [7, 11) is 3.91. The molecule has 0 atom stereocenters. The number of rotatable bonds is 5. The van der Waals surface area contributed by atoms with E-state index in [-0.39, 0.29) is 0 Å². The number of anilines is 1. The van der Waals surface area contributed by atoms with Gasteiger partial charge in [-0.05, 0) is 32.1 Å². The topological polar surface area (TPSA) is 39.1 Å². The summed E-state index contributed by atoms with van der Waals surface area (Å²) in [5.74, 6) is 0. The van der Waals surface area contributed by atoms with Crippen molar-refractivity contribution in [2.24, 2.45) is 0 Å². The van der Waals surface area contributed by atoms with Crippen molar-refractivity contribution in [2.45, 2.75) is 6.42 Å². The van der Waals surface area contributed by atoms with E-state index in [1.807, 2.05) is 26.2 Å². The maximum Gasteiger partial charge on any atom is 0.103 e. The minimum atomic E-state index is 0.514. The third-order valence-corrected chi connectivity index (χ3v) is 2.75. The third kappa shape index (κ3) is 3.13. The van der Waals surface area contributed by atoms with E-state index >= 15 is 0 Å². The van der Waals surface area contributed by atoms with Gasteiger partial charge in [-0.3, -0.25) is 0 Å². The van der Waals surface area contributed by atoms with E-state index in [1.165, 1.54) is 0 Å². The average Bonchev–Trinajstić information content (AvgIpc) is 2.29. The van der Waals surface area contributed by atoms with Crippen LogP contribution in [0.5, 0.6) is 0 Å². The van der Waals surface area contributed by atoms with Gasteiger partial charge < -0.3 is 10.2 Å². The number of halogens is 1. The van der Waals surface area contributed by atoms with Crippen molar-refractivity contribution < 1.29 is 0 Å². The zero-order valence-corrected chi connectivity index (χ0v) is 10.4. The second-order valence-corrected chi connectivity index (χ2v) is 4.03. The van der Waals surface area contributed by atoms with Gasteiger partial charge in [-0.1, -0.05) is 17.7 Å². The summed E-state index contributed by atoms with van der Waals surface area (Å²) in [6, 6.07) is 7.68. The van der Waals surface area contributed by atoms with Gasteiger partial charge in [0.1, 0.15) is 6.07 Å². The first-order valence-electron chi connectivity index (χ1n) is 5.25. The number of benzene rings is 1. The number of nitrogens with one attached hydrogen (secondary N) is 1. The minimum Gasteiger partial charge on any atom is -0.373 e. The van der Waals surface area contributed by atoms with Crippen molar-refractivity contribution in [2.75, 3.05) is 32.1 Å². The molecular weight excluding hydrogens is 222 g/mol. The van der Waals surface area contributed by atoms with Crippen LogP contribution >= 0.6 is 11.6 Å². The molecule has 1 rings (SSSR count). The highest BCUT2D eigenvalue weighted by Crippen LogP contribution is 2.25. The fourth-order valence-corrected chi connectivity index (χ4v) is 1.77. The highest BCUT2D eigenvalue weighted by Gasteiger charge is 2.09. The van der Waals surface area contributed by atoms with Gasteiger partial charge in [-0.25, -0.2) is 0 Å². The van der Waals surface area contributed by atoms with Crippen LogP contribution in [0.15, 0.2) is 18.2 Å². The first-order chi connectivity index (χ1) is 7.70. The Labute approximate surface area is 102 Å². The number of hydrogen-bond acceptors (Lipinski definition) is 3. The molecule has 16 heavy (non-hydrogen) atoms. The van der Waals surface area contributed by atoms with Crippen LogP contribution in [0.4, 0.5) is 5.69 Å². The Morgan fingerprint density at radius 1 is 1.50 bits per heavy atom. The summed E-state index contributed by atoms with van der Waals surface area (Å²) < 4.78 is 0. The van der Waals surface area contributed by atoms with Crippen LogP contribution in [0.2, 0.25) is 5.02 Å². The first kappa shape index (κ1) is 12.8. The van der Waals surface area contributed by atoms with E-state index in [2.05, 4.69) is 16.3 Å². The SMILES string of the molecule is CNCCCN(C)c1cccc(Cl)c1C#N. The standard InChI is InChI=1S/C12H16ClN3/c1-15-7-4-8-16(2)12-6-3-5-11(13)10(12)9-14/h3,5-6,15H,4,7-8H2,1-2H3. The predicted octanol–water partition coefficient (Wildman–Crippen LogP) is 2.26. The van der Waals surface area contributed by atoms with Crippen LogP contribution in [0.1, 0.15) is 12.0 Å². The van der Waals surface area contributed by atoms with Gasteiger partial charge in [0, 0.05) is 13.6 Å². The predicted molar refractivity (Wildman–Crippen MR) is 68.0 cm³/mol. The highest BCUT2D eigenvalue weighted by atomic mass is 35.5. The Hall–Kier alpha value is -1.24. The van der Waals surface area contributed by atoms with Gasteiger partial charge in [0.15, 0.2) is 0 Å². The van der Waals surface area contributed by atoms with Crippen LogP contribution in [0.25, 0.3) is 0 Å². The van der Waals surface area contributed by atoms with Crippen molar-refractivity contribution in [3.8, 4) is 6.07 Å². The van der Waals surface area contributed by atoms with Crippen molar-refractivity contribution in [1.82, 2.24) is 5.32 Å². The Morgan fingerprint density at radius 3 is 2.88 bits per heavy atom. The summed E-state index contributed by atoms with van der Waals surface area (Å²) in [4.78, 5) is 2.06. The molecule has 0 heterocycles. The highest BCUT2D eigenvalue weighted by molar-refractivity contribution is 6.32. The lowest BCUT2D eigenvalue weighted by atomic mass is 10.1. The second-order valence-electron chi connectivity index (χ2n) is 3.62. The van der Waals surface area contributed by atoms with E-state index in [4.69, 9.17) is 16.9 Å². The molecular formula is C12H16ClN3. The molecule has 1 aromatic rings. The summed E-state index contributed by atoms with van der Waals surface area (Å²) in [6.07, 6.45) is 1.03. The molecule has 3 nitrogen and oxygen atoms in total. The van der Waals surface area contributed by atoms with Crippen LogP contribution in [-0.2, 0) is 0 Å². The largest absolute Gasteiger partial charge is 0.373 e. The molecule has 0 saturated heterocycles. The van der Waals surface area contributed by atoms with E-state index < -0.39 is 0 Å². The number of nitrogens with zero attached hydrogens (tertiary/aromatic N) is 2. The van der Waals surface area contributed by atoms with Crippen LogP contribution in [0.3, 0.4) is 0 Å². The zero-order valence-electron chi connectivity index (χ0n) is 9.63. The monoisotopic (exact) mass is 237 g/mol. The fraction of sp³-hybridized carbons (Fsp3) is 0.417. The van der Waals surface area contributed by atoms with Gasteiger partial charge in [0.05, 0.1) is 16.3 Å². The van der Waals surface area contributed by atoms with Crippen LogP contribution < -0.4 is 10.2 Å². The lowest BCUT2D eigenvalue weighted by molar-refractivity contribution is 0.712. The van der Waals surface area contributed by atoms with Gasteiger partial charge >= 0.3 is 0 Å². The van der Waals surface area contributed by atoms with E-state index in [0.717, 1.165) is 25.2 Å². The first-order valence-corrected chi connectivity index (χ1v) is 5.63. The summed E-state index contributed by atoms with van der Waals surface area (Å²) in [6.45, 7) is 1.86. The molecule has 0 aliphatic heterocycles. The van der Waals surface area contributed by atoms with Crippen LogP contribution in [0, 0.1) is 11.3 Å². The molecule has 0 aromatic heterocycles. The Bertz CT molecular complexity index is 384. The van der Waals surface area contributed by atoms with Crippen molar-refractivity contribution in [1.29, 1.82) is 5.26 Å². The lowest BCUT2D eigenvalue weighted by Crippen LogP contribution is -2.23. The fourth-order valence-electron chi connectivity index (χ4n) is 1.55. The van der Waals surface area contributed by atoms with E-state index in [1.54, 1.807) is 6.07 Å². The van der Waals surface area contributed by atoms with Gasteiger partial charge in [0.2, 0.25) is 0 Å². The maximum atomic E-state index is 9.05. The summed E-state index contributed by atoms with van der Waals surface area (Å²) in [5.41, 5.74) is 1.45. The molecule has 0 aliphatic carbocycles. The normalized spacial score (nSPS) is 9.88.